The van der Waals surface area contributed by atoms with Crippen molar-refractivity contribution in [2.75, 3.05) is 13.1 Å². The van der Waals surface area contributed by atoms with Crippen LogP contribution in [0.2, 0.25) is 0 Å². The van der Waals surface area contributed by atoms with E-state index in [4.69, 9.17) is 5.73 Å². The van der Waals surface area contributed by atoms with Gasteiger partial charge in [-0.3, -0.25) is 4.90 Å². The molecule has 0 aromatic heterocycles. The van der Waals surface area contributed by atoms with Gasteiger partial charge in [0.2, 0.25) is 0 Å². The van der Waals surface area contributed by atoms with Crippen LogP contribution in [0.25, 0.3) is 0 Å². The standard InChI is InChI=1S/C17H28N2/c1-13(2)11-15-6-8-16(9-7-15)14(3)19-10-4-5-17(19)12-18/h6-9,13-14,17H,4-5,10-12,18H2,1-3H3. The summed E-state index contributed by atoms with van der Waals surface area (Å²) in [4.78, 5) is 2.57. The maximum Gasteiger partial charge on any atom is 0.0323 e. The van der Waals surface area contributed by atoms with Crippen LogP contribution in [0, 0.1) is 5.92 Å². The van der Waals surface area contributed by atoms with Crippen LogP contribution in [-0.2, 0) is 6.42 Å². The topological polar surface area (TPSA) is 29.3 Å². The van der Waals surface area contributed by atoms with Crippen molar-refractivity contribution in [1.82, 2.24) is 4.90 Å². The molecule has 1 fully saturated rings. The van der Waals surface area contributed by atoms with E-state index in [1.54, 1.807) is 0 Å². The summed E-state index contributed by atoms with van der Waals surface area (Å²) in [6, 6.07) is 10.2. The lowest BCUT2D eigenvalue weighted by Gasteiger charge is -2.30. The first-order chi connectivity index (χ1) is 9.11. The van der Waals surface area contributed by atoms with E-state index < -0.39 is 0 Å². The van der Waals surface area contributed by atoms with Gasteiger partial charge in [0.15, 0.2) is 0 Å². The minimum Gasteiger partial charge on any atom is -0.329 e. The van der Waals surface area contributed by atoms with Gasteiger partial charge in [0.05, 0.1) is 0 Å². The Morgan fingerprint density at radius 2 is 1.89 bits per heavy atom. The maximum atomic E-state index is 5.88. The Labute approximate surface area is 118 Å². The number of nitrogens with zero attached hydrogens (tertiary/aromatic N) is 1. The summed E-state index contributed by atoms with van der Waals surface area (Å²) in [6.07, 6.45) is 3.72. The number of hydrogen-bond donors (Lipinski definition) is 1. The van der Waals surface area contributed by atoms with Crippen LogP contribution in [0.5, 0.6) is 0 Å². The van der Waals surface area contributed by atoms with Crippen molar-refractivity contribution in [1.29, 1.82) is 0 Å². The van der Waals surface area contributed by atoms with Gasteiger partial charge in [0.1, 0.15) is 0 Å². The lowest BCUT2D eigenvalue weighted by atomic mass is 9.99. The molecule has 2 nitrogen and oxygen atoms in total. The average Bonchev–Trinajstić information content (AvgIpc) is 2.86. The third-order valence-corrected chi connectivity index (χ3v) is 4.30. The lowest BCUT2D eigenvalue weighted by molar-refractivity contribution is 0.197. The minimum absolute atomic E-state index is 0.490. The second kappa shape index (κ2) is 6.53. The molecule has 0 bridgehead atoms. The quantitative estimate of drug-likeness (QED) is 0.879. The van der Waals surface area contributed by atoms with Crippen LogP contribution >= 0.6 is 0 Å². The number of nitrogens with two attached hydrogens (primary N) is 1. The normalized spacial score (nSPS) is 22.1. The van der Waals surface area contributed by atoms with Gasteiger partial charge in [0, 0.05) is 18.6 Å². The molecule has 2 unspecified atom stereocenters. The first-order valence-corrected chi connectivity index (χ1v) is 7.66. The Morgan fingerprint density at radius 1 is 1.21 bits per heavy atom. The third-order valence-electron chi connectivity index (χ3n) is 4.30. The van der Waals surface area contributed by atoms with Crippen molar-refractivity contribution >= 4 is 0 Å². The highest BCUT2D eigenvalue weighted by atomic mass is 15.2. The summed E-state index contributed by atoms with van der Waals surface area (Å²) in [5.74, 6) is 0.725. The third kappa shape index (κ3) is 3.58. The van der Waals surface area contributed by atoms with E-state index in [-0.39, 0.29) is 0 Å². The molecule has 2 rings (SSSR count). The number of benzene rings is 1. The summed E-state index contributed by atoms with van der Waals surface area (Å²) in [6.45, 7) is 8.83. The van der Waals surface area contributed by atoms with Gasteiger partial charge in [0.25, 0.3) is 0 Å². The average molecular weight is 260 g/mol. The van der Waals surface area contributed by atoms with E-state index in [1.807, 2.05) is 0 Å². The molecule has 1 saturated heterocycles. The van der Waals surface area contributed by atoms with Crippen LogP contribution in [0.15, 0.2) is 24.3 Å². The fourth-order valence-corrected chi connectivity index (χ4v) is 3.22. The molecule has 2 N–H and O–H groups in total. The molecule has 19 heavy (non-hydrogen) atoms. The van der Waals surface area contributed by atoms with Gasteiger partial charge < -0.3 is 5.73 Å². The molecule has 1 aliphatic rings. The van der Waals surface area contributed by atoms with E-state index in [0.717, 1.165) is 12.5 Å². The van der Waals surface area contributed by atoms with Gasteiger partial charge in [-0.15, -0.1) is 0 Å². The molecule has 1 heterocycles. The first kappa shape index (κ1) is 14.5. The van der Waals surface area contributed by atoms with Crippen LogP contribution in [0.4, 0.5) is 0 Å². The smallest absolute Gasteiger partial charge is 0.0323 e. The molecule has 2 atom stereocenters. The van der Waals surface area contributed by atoms with Crippen molar-refractivity contribution in [2.45, 2.75) is 52.1 Å². The van der Waals surface area contributed by atoms with E-state index >= 15 is 0 Å². The fourth-order valence-electron chi connectivity index (χ4n) is 3.22. The zero-order valence-electron chi connectivity index (χ0n) is 12.6. The number of likely N-dealkylation sites (tertiary alicyclic amines) is 1. The Kier molecular flexibility index (Phi) is 5.00. The Bertz CT molecular complexity index is 383. The van der Waals surface area contributed by atoms with Gasteiger partial charge in [-0.1, -0.05) is 38.1 Å². The fraction of sp³-hybridized carbons (Fsp3) is 0.647. The highest BCUT2D eigenvalue weighted by molar-refractivity contribution is 5.25. The molecule has 2 heteroatoms. The van der Waals surface area contributed by atoms with Crippen LogP contribution in [0.1, 0.15) is 50.8 Å². The molecule has 0 aliphatic carbocycles. The molecule has 0 radical (unpaired) electrons. The zero-order chi connectivity index (χ0) is 13.8. The Morgan fingerprint density at radius 3 is 2.47 bits per heavy atom. The molecular weight excluding hydrogens is 232 g/mol. The summed E-state index contributed by atoms with van der Waals surface area (Å²) in [7, 11) is 0. The largest absolute Gasteiger partial charge is 0.329 e. The van der Waals surface area contributed by atoms with Crippen LogP contribution in [0.3, 0.4) is 0 Å². The SMILES string of the molecule is CC(C)Cc1ccc(C(C)N2CCCC2CN)cc1. The second-order valence-electron chi connectivity index (χ2n) is 6.29. The summed E-state index contributed by atoms with van der Waals surface area (Å²) in [5.41, 5.74) is 8.75. The molecule has 1 aromatic rings. The predicted octanol–water partition coefficient (Wildman–Crippen LogP) is 3.37. The number of hydrogen-bond acceptors (Lipinski definition) is 2. The molecule has 0 saturated carbocycles. The van der Waals surface area contributed by atoms with E-state index in [2.05, 4.69) is 49.9 Å². The molecular formula is C17H28N2. The van der Waals surface area contributed by atoms with Gasteiger partial charge in [-0.2, -0.15) is 0 Å². The highest BCUT2D eigenvalue weighted by Gasteiger charge is 2.27. The van der Waals surface area contributed by atoms with Gasteiger partial charge in [-0.05, 0) is 49.8 Å². The minimum atomic E-state index is 0.490. The van der Waals surface area contributed by atoms with Crippen molar-refractivity contribution in [2.24, 2.45) is 11.7 Å². The lowest BCUT2D eigenvalue weighted by Crippen LogP contribution is -2.37. The van der Waals surface area contributed by atoms with Crippen molar-refractivity contribution in [3.05, 3.63) is 35.4 Å². The molecule has 1 aliphatic heterocycles. The van der Waals surface area contributed by atoms with Gasteiger partial charge in [-0.25, -0.2) is 0 Å². The van der Waals surface area contributed by atoms with Crippen LogP contribution in [-0.4, -0.2) is 24.0 Å². The highest BCUT2D eigenvalue weighted by Crippen LogP contribution is 2.28. The van der Waals surface area contributed by atoms with Crippen molar-refractivity contribution in [3.63, 3.8) is 0 Å². The predicted molar refractivity (Wildman–Crippen MR) is 82.2 cm³/mol. The number of rotatable bonds is 5. The Hall–Kier alpha value is -0.860. The van der Waals surface area contributed by atoms with Crippen molar-refractivity contribution < 1.29 is 0 Å². The second-order valence-corrected chi connectivity index (χ2v) is 6.29. The van der Waals surface area contributed by atoms with Crippen LogP contribution < -0.4 is 5.73 Å². The summed E-state index contributed by atoms with van der Waals surface area (Å²) < 4.78 is 0. The molecule has 0 amide bonds. The zero-order valence-corrected chi connectivity index (χ0v) is 12.6. The monoisotopic (exact) mass is 260 g/mol. The Balaban J connectivity index is 2.04. The summed E-state index contributed by atoms with van der Waals surface area (Å²) in [5, 5.41) is 0. The van der Waals surface area contributed by atoms with E-state index in [9.17, 15) is 0 Å². The molecule has 0 spiro atoms. The molecule has 106 valence electrons. The van der Waals surface area contributed by atoms with E-state index in [0.29, 0.717) is 12.1 Å². The van der Waals surface area contributed by atoms with Crippen molar-refractivity contribution in [3.8, 4) is 0 Å². The first-order valence-electron chi connectivity index (χ1n) is 7.66. The van der Waals surface area contributed by atoms with Gasteiger partial charge >= 0.3 is 0 Å². The van der Waals surface area contributed by atoms with E-state index in [1.165, 1.54) is 36.9 Å². The summed E-state index contributed by atoms with van der Waals surface area (Å²) >= 11 is 0. The molecule has 1 aromatic carbocycles. The maximum absolute atomic E-state index is 5.88.